The Kier molecular flexibility index (Phi) is 3.18. The number of anilines is 1. The lowest BCUT2D eigenvalue weighted by Crippen LogP contribution is -2.11. The fraction of sp³-hybridized carbons (Fsp3) is 0.250. The number of nitrogen functional groups attached to an aromatic ring is 1. The molecular weight excluding hydrogens is 216 g/mol. The summed E-state index contributed by atoms with van der Waals surface area (Å²) in [4.78, 5) is 12.2. The van der Waals surface area contributed by atoms with Crippen molar-refractivity contribution < 1.29 is 4.79 Å². The molecule has 0 amide bonds. The average Bonchev–Trinajstić information content (AvgIpc) is 2.78. The first-order valence-electron chi connectivity index (χ1n) is 5.51. The van der Waals surface area contributed by atoms with Crippen LogP contribution in [0.3, 0.4) is 0 Å². The van der Waals surface area contributed by atoms with Gasteiger partial charge in [-0.05, 0) is 30.7 Å². The van der Waals surface area contributed by atoms with E-state index in [-0.39, 0.29) is 5.78 Å². The zero-order valence-electron chi connectivity index (χ0n) is 9.63. The summed E-state index contributed by atoms with van der Waals surface area (Å²) in [5.41, 5.74) is 7.33. The van der Waals surface area contributed by atoms with Crippen LogP contribution in [0.15, 0.2) is 30.5 Å². The van der Waals surface area contributed by atoms with E-state index < -0.39 is 0 Å². The molecule has 0 saturated heterocycles. The third-order valence-electron chi connectivity index (χ3n) is 2.46. The molecule has 88 valence electrons. The molecule has 0 aliphatic heterocycles. The first kappa shape index (κ1) is 11.3. The smallest absolute Gasteiger partial charge is 0.212 e. The van der Waals surface area contributed by atoms with Crippen molar-refractivity contribution in [2.24, 2.45) is 0 Å². The Balaban J connectivity index is 2.30. The molecule has 2 aromatic rings. The highest BCUT2D eigenvalue weighted by Gasteiger charge is 2.14. The van der Waals surface area contributed by atoms with Gasteiger partial charge in [0.1, 0.15) is 5.69 Å². The number of hydrogen-bond donors (Lipinski definition) is 1. The first-order valence-corrected chi connectivity index (χ1v) is 5.51. The van der Waals surface area contributed by atoms with Crippen LogP contribution in [-0.2, 0) is 6.54 Å². The van der Waals surface area contributed by atoms with Crippen LogP contribution in [0.5, 0.6) is 0 Å². The third-order valence-corrected chi connectivity index (χ3v) is 2.46. The van der Waals surface area contributed by atoms with Gasteiger partial charge in [0.15, 0.2) is 0 Å². The van der Waals surface area contributed by atoms with Crippen LogP contribution in [0.25, 0.3) is 0 Å². The second kappa shape index (κ2) is 4.78. The number of ketones is 1. The molecular formula is C12H14N4O. The summed E-state index contributed by atoms with van der Waals surface area (Å²) >= 11 is 0. The number of carbonyl (C=O) groups is 1. The molecule has 0 aliphatic carbocycles. The topological polar surface area (TPSA) is 73.8 Å². The fourth-order valence-corrected chi connectivity index (χ4v) is 1.59. The molecule has 5 heteroatoms. The van der Waals surface area contributed by atoms with E-state index in [1.807, 2.05) is 6.92 Å². The van der Waals surface area contributed by atoms with Crippen molar-refractivity contribution in [3.63, 3.8) is 0 Å². The summed E-state index contributed by atoms with van der Waals surface area (Å²) in [6, 6.07) is 6.84. The maximum absolute atomic E-state index is 12.2. The van der Waals surface area contributed by atoms with Crippen molar-refractivity contribution in [1.29, 1.82) is 0 Å². The van der Waals surface area contributed by atoms with Crippen molar-refractivity contribution in [3.05, 3.63) is 41.7 Å². The monoisotopic (exact) mass is 230 g/mol. The minimum Gasteiger partial charge on any atom is -0.399 e. The number of rotatable bonds is 4. The minimum absolute atomic E-state index is 0.0801. The van der Waals surface area contributed by atoms with Gasteiger partial charge in [-0.2, -0.15) is 0 Å². The Hall–Kier alpha value is -2.17. The number of carbonyl (C=O) groups excluding carboxylic acids is 1. The Bertz CT molecular complexity index is 516. The number of benzene rings is 1. The molecule has 1 aromatic heterocycles. The molecule has 0 saturated carbocycles. The summed E-state index contributed by atoms with van der Waals surface area (Å²) in [7, 11) is 0. The van der Waals surface area contributed by atoms with E-state index in [0.29, 0.717) is 23.5 Å². The summed E-state index contributed by atoms with van der Waals surface area (Å²) in [5, 5.41) is 7.66. The van der Waals surface area contributed by atoms with Crippen molar-refractivity contribution in [2.75, 3.05) is 5.73 Å². The quantitative estimate of drug-likeness (QED) is 0.638. The number of hydrogen-bond acceptors (Lipinski definition) is 4. The van der Waals surface area contributed by atoms with Gasteiger partial charge < -0.3 is 5.73 Å². The van der Waals surface area contributed by atoms with Gasteiger partial charge in [-0.15, -0.1) is 5.10 Å². The van der Waals surface area contributed by atoms with Crippen molar-refractivity contribution in [1.82, 2.24) is 15.0 Å². The van der Waals surface area contributed by atoms with Crippen LogP contribution < -0.4 is 5.73 Å². The van der Waals surface area contributed by atoms with Crippen LogP contribution >= 0.6 is 0 Å². The van der Waals surface area contributed by atoms with E-state index in [0.717, 1.165) is 6.42 Å². The zero-order chi connectivity index (χ0) is 12.3. The highest BCUT2D eigenvalue weighted by Crippen LogP contribution is 2.11. The van der Waals surface area contributed by atoms with E-state index in [4.69, 9.17) is 5.73 Å². The Morgan fingerprint density at radius 1 is 1.35 bits per heavy atom. The van der Waals surface area contributed by atoms with Gasteiger partial charge in [-0.3, -0.25) is 4.79 Å². The second-order valence-electron chi connectivity index (χ2n) is 3.79. The second-order valence-corrected chi connectivity index (χ2v) is 3.79. The van der Waals surface area contributed by atoms with Gasteiger partial charge in [0.2, 0.25) is 5.78 Å². The Morgan fingerprint density at radius 2 is 2.06 bits per heavy atom. The van der Waals surface area contributed by atoms with Crippen LogP contribution in [0.1, 0.15) is 29.4 Å². The van der Waals surface area contributed by atoms with E-state index in [9.17, 15) is 4.79 Å². The standard InChI is InChI=1S/C12H14N4O/c1-2-7-16-11(8-14-15-16)12(17)9-3-5-10(13)6-4-9/h3-6,8H,2,7,13H2,1H3. The zero-order valence-corrected chi connectivity index (χ0v) is 9.63. The van der Waals surface area contributed by atoms with Gasteiger partial charge in [0.25, 0.3) is 0 Å². The van der Waals surface area contributed by atoms with Crippen molar-refractivity contribution in [2.45, 2.75) is 19.9 Å². The molecule has 0 radical (unpaired) electrons. The molecule has 0 aliphatic rings. The SMILES string of the molecule is CCCn1nncc1C(=O)c1ccc(N)cc1. The predicted octanol–water partition coefficient (Wildman–Crippen LogP) is 1.50. The number of nitrogens with two attached hydrogens (primary N) is 1. The van der Waals surface area contributed by atoms with Crippen LogP contribution in [0.4, 0.5) is 5.69 Å². The molecule has 2 rings (SSSR count). The van der Waals surface area contributed by atoms with Crippen molar-refractivity contribution >= 4 is 11.5 Å². The van der Waals surface area contributed by atoms with Crippen LogP contribution in [-0.4, -0.2) is 20.8 Å². The summed E-state index contributed by atoms with van der Waals surface area (Å²) in [5.74, 6) is -0.0801. The lowest BCUT2D eigenvalue weighted by atomic mass is 10.1. The summed E-state index contributed by atoms with van der Waals surface area (Å²) in [6.45, 7) is 2.72. The fourth-order valence-electron chi connectivity index (χ4n) is 1.59. The molecule has 0 unspecified atom stereocenters. The van der Waals surface area contributed by atoms with E-state index in [1.165, 1.54) is 6.20 Å². The molecule has 0 bridgehead atoms. The van der Waals surface area contributed by atoms with Crippen LogP contribution in [0.2, 0.25) is 0 Å². The number of aryl methyl sites for hydroxylation is 1. The molecule has 0 atom stereocenters. The van der Waals surface area contributed by atoms with E-state index >= 15 is 0 Å². The molecule has 2 N–H and O–H groups in total. The Labute approximate surface area is 99.2 Å². The maximum atomic E-state index is 12.2. The van der Waals surface area contributed by atoms with Gasteiger partial charge in [-0.25, -0.2) is 4.68 Å². The lowest BCUT2D eigenvalue weighted by molar-refractivity contribution is 0.102. The van der Waals surface area contributed by atoms with Crippen molar-refractivity contribution in [3.8, 4) is 0 Å². The molecule has 1 aromatic carbocycles. The van der Waals surface area contributed by atoms with Gasteiger partial charge in [-0.1, -0.05) is 12.1 Å². The highest BCUT2D eigenvalue weighted by atomic mass is 16.1. The van der Waals surface area contributed by atoms with Gasteiger partial charge in [0, 0.05) is 17.8 Å². The third kappa shape index (κ3) is 2.33. The number of aromatic nitrogens is 3. The molecule has 0 spiro atoms. The first-order chi connectivity index (χ1) is 8.22. The van der Waals surface area contributed by atoms with Gasteiger partial charge >= 0.3 is 0 Å². The minimum atomic E-state index is -0.0801. The average molecular weight is 230 g/mol. The van der Waals surface area contributed by atoms with E-state index in [2.05, 4.69) is 10.3 Å². The van der Waals surface area contributed by atoms with Gasteiger partial charge in [0.05, 0.1) is 6.20 Å². The largest absolute Gasteiger partial charge is 0.399 e. The summed E-state index contributed by atoms with van der Waals surface area (Å²) < 4.78 is 1.62. The highest BCUT2D eigenvalue weighted by molar-refractivity contribution is 6.07. The predicted molar refractivity (Wildman–Crippen MR) is 64.6 cm³/mol. The molecule has 1 heterocycles. The lowest BCUT2D eigenvalue weighted by Gasteiger charge is -2.04. The Morgan fingerprint density at radius 3 is 2.71 bits per heavy atom. The van der Waals surface area contributed by atoms with Crippen LogP contribution in [0, 0.1) is 0 Å². The van der Waals surface area contributed by atoms with E-state index in [1.54, 1.807) is 28.9 Å². The normalized spacial score (nSPS) is 10.4. The summed E-state index contributed by atoms with van der Waals surface area (Å²) in [6.07, 6.45) is 2.40. The maximum Gasteiger partial charge on any atom is 0.212 e. The molecule has 17 heavy (non-hydrogen) atoms. The molecule has 0 fully saturated rings. The molecule has 5 nitrogen and oxygen atoms in total. The number of nitrogens with zero attached hydrogens (tertiary/aromatic N) is 3.